The fraction of sp³-hybridized carbons (Fsp3) is 0.308. The molecule has 0 heterocycles. The summed E-state index contributed by atoms with van der Waals surface area (Å²) in [6, 6.07) is 6.44. The van der Waals surface area contributed by atoms with Crippen molar-refractivity contribution in [3.05, 3.63) is 34.3 Å². The van der Waals surface area contributed by atoms with Crippen LogP contribution in [0.4, 0.5) is 0 Å². The Bertz CT molecular complexity index is 519. The first-order chi connectivity index (χ1) is 9.40. The zero-order chi connectivity index (χ0) is 15.1. The fourth-order valence-corrected chi connectivity index (χ4v) is 1.96. The van der Waals surface area contributed by atoms with Gasteiger partial charge in [-0.15, -0.1) is 0 Å². The first kappa shape index (κ1) is 16.2. The van der Waals surface area contributed by atoms with E-state index < -0.39 is 30.4 Å². The lowest BCUT2D eigenvalue weighted by molar-refractivity contribution is -0.146. The molecule has 2 amide bonds. The molecule has 108 valence electrons. The van der Waals surface area contributed by atoms with Gasteiger partial charge in [-0.25, -0.2) is 0 Å². The van der Waals surface area contributed by atoms with Crippen LogP contribution >= 0.6 is 15.9 Å². The molecule has 0 aromatic heterocycles. The number of rotatable bonds is 6. The summed E-state index contributed by atoms with van der Waals surface area (Å²) < 4.78 is 5.37. The number of hydrogen-bond acceptors (Lipinski definition) is 4. The second-order valence-electron chi connectivity index (χ2n) is 4.10. The predicted octanol–water partition coefficient (Wildman–Crippen LogP) is 0.525. The lowest BCUT2D eigenvalue weighted by Crippen LogP contribution is -2.47. The van der Waals surface area contributed by atoms with Gasteiger partial charge in [-0.1, -0.05) is 34.1 Å². The minimum atomic E-state index is -0.864. The summed E-state index contributed by atoms with van der Waals surface area (Å²) in [4.78, 5) is 33.5. The van der Waals surface area contributed by atoms with E-state index in [1.54, 1.807) is 0 Å². The number of halogens is 1. The molecule has 0 fully saturated rings. The van der Waals surface area contributed by atoms with Crippen LogP contribution in [0.2, 0.25) is 0 Å². The van der Waals surface area contributed by atoms with E-state index in [-0.39, 0.29) is 6.42 Å². The quantitative estimate of drug-likeness (QED) is 0.736. The van der Waals surface area contributed by atoms with Gasteiger partial charge in [0.25, 0.3) is 5.91 Å². The third-order valence-electron chi connectivity index (χ3n) is 2.47. The Balaban J connectivity index is 2.66. The van der Waals surface area contributed by atoms with E-state index in [9.17, 15) is 14.4 Å². The van der Waals surface area contributed by atoms with Crippen LogP contribution in [0.3, 0.4) is 0 Å². The molecule has 1 rings (SSSR count). The molecule has 3 N–H and O–H groups in total. The first-order valence-electron chi connectivity index (χ1n) is 5.85. The van der Waals surface area contributed by atoms with E-state index in [2.05, 4.69) is 26.0 Å². The van der Waals surface area contributed by atoms with Crippen molar-refractivity contribution in [1.29, 1.82) is 0 Å². The van der Waals surface area contributed by atoms with E-state index >= 15 is 0 Å². The Morgan fingerprint density at radius 2 is 2.00 bits per heavy atom. The van der Waals surface area contributed by atoms with Crippen molar-refractivity contribution in [3.8, 4) is 0 Å². The highest BCUT2D eigenvalue weighted by molar-refractivity contribution is 9.10. The van der Waals surface area contributed by atoms with Crippen LogP contribution in [0.15, 0.2) is 28.7 Å². The maximum Gasteiger partial charge on any atom is 0.303 e. The molecule has 0 radical (unpaired) electrons. The summed E-state index contributed by atoms with van der Waals surface area (Å²) >= 11 is 3.36. The number of benzene rings is 1. The average molecular weight is 343 g/mol. The normalized spacial score (nSPS) is 11.5. The van der Waals surface area contributed by atoms with Gasteiger partial charge in [0, 0.05) is 17.8 Å². The highest BCUT2D eigenvalue weighted by Crippen LogP contribution is 2.17. The second kappa shape index (κ2) is 7.64. The Morgan fingerprint density at radius 3 is 2.55 bits per heavy atom. The number of esters is 1. The van der Waals surface area contributed by atoms with Crippen LogP contribution in [0.5, 0.6) is 0 Å². The summed E-state index contributed by atoms with van der Waals surface area (Å²) in [5.74, 6) is -1.80. The highest BCUT2D eigenvalue weighted by atomic mass is 79.9. The molecule has 0 saturated heterocycles. The number of nitrogens with one attached hydrogen (secondary N) is 1. The molecular weight excluding hydrogens is 328 g/mol. The van der Waals surface area contributed by atoms with Crippen LogP contribution in [0.25, 0.3) is 0 Å². The smallest absolute Gasteiger partial charge is 0.303 e. The van der Waals surface area contributed by atoms with Crippen LogP contribution < -0.4 is 11.1 Å². The van der Waals surface area contributed by atoms with Crippen molar-refractivity contribution in [2.75, 3.05) is 6.61 Å². The molecule has 0 aliphatic carbocycles. The summed E-state index contributed by atoms with van der Waals surface area (Å²) in [6.45, 7) is 0.759. The van der Waals surface area contributed by atoms with E-state index in [0.29, 0.717) is 0 Å². The lowest BCUT2D eigenvalue weighted by atomic mass is 10.1. The second-order valence-corrected chi connectivity index (χ2v) is 4.95. The molecule has 1 aromatic carbocycles. The standard InChI is InChI=1S/C13H15BrN2O4/c1-8(17)20-7-12(18)16-11(13(15)19)6-9-4-2-3-5-10(9)14/h2-5,11H,6-7H2,1H3,(H2,15,19)(H,16,18)/t11-/m0/s1. The zero-order valence-electron chi connectivity index (χ0n) is 10.9. The molecule has 20 heavy (non-hydrogen) atoms. The molecule has 0 aliphatic rings. The molecule has 0 saturated carbocycles. The Kier molecular flexibility index (Phi) is 6.17. The van der Waals surface area contributed by atoms with Crippen molar-refractivity contribution in [2.24, 2.45) is 5.73 Å². The molecule has 1 aromatic rings. The Hall–Kier alpha value is -1.89. The third-order valence-corrected chi connectivity index (χ3v) is 3.24. The fourth-order valence-electron chi connectivity index (χ4n) is 1.51. The number of carbonyl (C=O) groups is 3. The van der Waals surface area contributed by atoms with Gasteiger partial charge < -0.3 is 15.8 Å². The zero-order valence-corrected chi connectivity index (χ0v) is 12.5. The van der Waals surface area contributed by atoms with Gasteiger partial charge in [0.1, 0.15) is 6.04 Å². The van der Waals surface area contributed by atoms with Crippen LogP contribution in [-0.2, 0) is 25.5 Å². The molecular formula is C13H15BrN2O4. The highest BCUT2D eigenvalue weighted by Gasteiger charge is 2.20. The molecule has 6 nitrogen and oxygen atoms in total. The summed E-state index contributed by atoms with van der Waals surface area (Å²) in [5.41, 5.74) is 6.10. The van der Waals surface area contributed by atoms with Gasteiger partial charge in [-0.05, 0) is 11.6 Å². The van der Waals surface area contributed by atoms with E-state index in [4.69, 9.17) is 5.73 Å². The van der Waals surface area contributed by atoms with Crippen LogP contribution in [-0.4, -0.2) is 30.4 Å². The first-order valence-corrected chi connectivity index (χ1v) is 6.65. The number of primary amides is 1. The summed E-state index contributed by atoms with van der Waals surface area (Å²) in [6.07, 6.45) is 0.253. The minimum absolute atomic E-state index is 0.253. The topological polar surface area (TPSA) is 98.5 Å². The maximum absolute atomic E-state index is 11.5. The van der Waals surface area contributed by atoms with E-state index in [1.807, 2.05) is 24.3 Å². The van der Waals surface area contributed by atoms with Gasteiger partial charge in [-0.2, -0.15) is 0 Å². The van der Waals surface area contributed by atoms with Gasteiger partial charge in [0.15, 0.2) is 6.61 Å². The van der Waals surface area contributed by atoms with Crippen molar-refractivity contribution in [2.45, 2.75) is 19.4 Å². The van der Waals surface area contributed by atoms with Gasteiger partial charge in [-0.3, -0.25) is 14.4 Å². The molecule has 1 atom stereocenters. The van der Waals surface area contributed by atoms with Crippen LogP contribution in [0, 0.1) is 0 Å². The summed E-state index contributed by atoms with van der Waals surface area (Å²) in [7, 11) is 0. The lowest BCUT2D eigenvalue weighted by Gasteiger charge is -2.16. The number of ether oxygens (including phenoxy) is 1. The number of hydrogen-bond donors (Lipinski definition) is 2. The molecule has 7 heteroatoms. The van der Waals surface area contributed by atoms with Crippen molar-refractivity contribution >= 4 is 33.7 Å². The molecule has 0 aliphatic heterocycles. The largest absolute Gasteiger partial charge is 0.456 e. The van der Waals surface area contributed by atoms with E-state index in [1.165, 1.54) is 6.92 Å². The summed E-state index contributed by atoms with van der Waals surface area (Å²) in [5, 5.41) is 2.44. The monoisotopic (exact) mass is 342 g/mol. The van der Waals surface area contributed by atoms with E-state index in [0.717, 1.165) is 10.0 Å². The van der Waals surface area contributed by atoms with Gasteiger partial charge in [0.05, 0.1) is 0 Å². The number of nitrogens with two attached hydrogens (primary N) is 1. The minimum Gasteiger partial charge on any atom is -0.456 e. The predicted molar refractivity (Wildman–Crippen MR) is 75.6 cm³/mol. The molecule has 0 unspecified atom stereocenters. The molecule has 0 spiro atoms. The third kappa shape index (κ3) is 5.40. The SMILES string of the molecule is CC(=O)OCC(=O)N[C@@H](Cc1ccccc1Br)C(N)=O. The van der Waals surface area contributed by atoms with Gasteiger partial charge in [0.2, 0.25) is 5.91 Å². The van der Waals surface area contributed by atoms with Crippen LogP contribution in [0.1, 0.15) is 12.5 Å². The molecule has 0 bridgehead atoms. The average Bonchev–Trinajstić information content (AvgIpc) is 2.38. The van der Waals surface area contributed by atoms with Crippen molar-refractivity contribution in [1.82, 2.24) is 5.32 Å². The van der Waals surface area contributed by atoms with Crippen molar-refractivity contribution < 1.29 is 19.1 Å². The van der Waals surface area contributed by atoms with Gasteiger partial charge >= 0.3 is 5.97 Å². The maximum atomic E-state index is 11.5. The number of carbonyl (C=O) groups excluding carboxylic acids is 3. The Labute approximate surface area is 124 Å². The Morgan fingerprint density at radius 1 is 1.35 bits per heavy atom. The van der Waals surface area contributed by atoms with Crippen molar-refractivity contribution in [3.63, 3.8) is 0 Å². The number of amides is 2.